The Morgan fingerprint density at radius 2 is 1.95 bits per heavy atom. The average molecular weight is 278 g/mol. The second-order valence-corrected chi connectivity index (χ2v) is 4.96. The van der Waals surface area contributed by atoms with E-state index in [4.69, 9.17) is 4.74 Å². The highest BCUT2D eigenvalue weighted by molar-refractivity contribution is 5.73. The average Bonchev–Trinajstić information content (AvgIpc) is 2.48. The van der Waals surface area contributed by atoms with E-state index in [9.17, 15) is 9.90 Å². The van der Waals surface area contributed by atoms with E-state index < -0.39 is 5.97 Å². The minimum atomic E-state index is -0.724. The third-order valence-electron chi connectivity index (χ3n) is 3.85. The van der Waals surface area contributed by atoms with Gasteiger partial charge >= 0.3 is 5.97 Å². The van der Waals surface area contributed by atoms with Crippen molar-refractivity contribution >= 4 is 11.7 Å². The van der Waals surface area contributed by atoms with E-state index in [1.807, 2.05) is 36.1 Å². The van der Waals surface area contributed by atoms with Crippen molar-refractivity contribution in [2.24, 2.45) is 0 Å². The molecule has 0 amide bonds. The van der Waals surface area contributed by atoms with Gasteiger partial charge in [-0.1, -0.05) is 19.1 Å². The van der Waals surface area contributed by atoms with Crippen molar-refractivity contribution in [1.29, 1.82) is 0 Å². The van der Waals surface area contributed by atoms with Crippen molar-refractivity contribution in [3.63, 3.8) is 0 Å². The number of carboxylic acids is 1. The third-order valence-corrected chi connectivity index (χ3v) is 3.85. The van der Waals surface area contributed by atoms with Crippen LogP contribution in [0.1, 0.15) is 13.3 Å². The lowest BCUT2D eigenvalue weighted by atomic mass is 10.1. The Kier molecular flexibility index (Phi) is 4.84. The first-order valence-corrected chi connectivity index (χ1v) is 7.02. The molecule has 0 aromatic heterocycles. The molecule has 1 aliphatic rings. The summed E-state index contributed by atoms with van der Waals surface area (Å²) < 4.78 is 5.38. The Morgan fingerprint density at radius 3 is 2.50 bits per heavy atom. The molecule has 1 aromatic rings. The molecule has 1 aliphatic heterocycles. The molecule has 5 nitrogen and oxygen atoms in total. The van der Waals surface area contributed by atoms with Crippen LogP contribution in [0.5, 0.6) is 5.75 Å². The number of rotatable bonds is 5. The van der Waals surface area contributed by atoms with Crippen molar-refractivity contribution in [3.8, 4) is 5.75 Å². The molecule has 5 heteroatoms. The molecule has 0 aliphatic carbocycles. The number of piperazine rings is 1. The maximum absolute atomic E-state index is 11.2. The van der Waals surface area contributed by atoms with Crippen LogP contribution in [0.15, 0.2) is 24.3 Å². The van der Waals surface area contributed by atoms with Crippen LogP contribution in [0.2, 0.25) is 0 Å². The van der Waals surface area contributed by atoms with Gasteiger partial charge in [-0.25, -0.2) is 0 Å². The number of nitrogens with zero attached hydrogens (tertiary/aromatic N) is 2. The highest BCUT2D eigenvalue weighted by Crippen LogP contribution is 2.28. The number of hydrogen-bond acceptors (Lipinski definition) is 4. The molecule has 1 N–H and O–H groups in total. The van der Waals surface area contributed by atoms with Gasteiger partial charge in [-0.2, -0.15) is 0 Å². The van der Waals surface area contributed by atoms with Gasteiger partial charge in [0.05, 0.1) is 12.8 Å². The Balaban J connectivity index is 2.02. The van der Waals surface area contributed by atoms with Crippen LogP contribution >= 0.6 is 0 Å². The molecule has 20 heavy (non-hydrogen) atoms. The molecule has 110 valence electrons. The Morgan fingerprint density at radius 1 is 1.30 bits per heavy atom. The largest absolute Gasteiger partial charge is 0.495 e. The van der Waals surface area contributed by atoms with Crippen molar-refractivity contribution < 1.29 is 14.6 Å². The number of anilines is 1. The Labute approximate surface area is 119 Å². The second-order valence-electron chi connectivity index (χ2n) is 4.96. The van der Waals surface area contributed by atoms with Gasteiger partial charge in [0.15, 0.2) is 0 Å². The molecule has 1 heterocycles. The monoisotopic (exact) mass is 278 g/mol. The van der Waals surface area contributed by atoms with Crippen molar-refractivity contribution in [1.82, 2.24) is 4.90 Å². The van der Waals surface area contributed by atoms with Gasteiger partial charge < -0.3 is 14.7 Å². The Hall–Kier alpha value is -1.75. The lowest BCUT2D eigenvalue weighted by Crippen LogP contribution is -2.52. The van der Waals surface area contributed by atoms with Crippen molar-refractivity contribution in [2.45, 2.75) is 19.4 Å². The van der Waals surface area contributed by atoms with Crippen LogP contribution in [-0.4, -0.2) is 55.3 Å². The molecular formula is C15H22N2O3. The van der Waals surface area contributed by atoms with Gasteiger partial charge in [0.25, 0.3) is 0 Å². The van der Waals surface area contributed by atoms with E-state index in [-0.39, 0.29) is 6.04 Å². The molecule has 2 rings (SSSR count). The highest BCUT2D eigenvalue weighted by atomic mass is 16.5. The van der Waals surface area contributed by atoms with Gasteiger partial charge in [0.1, 0.15) is 11.8 Å². The van der Waals surface area contributed by atoms with Gasteiger partial charge in [-0.05, 0) is 18.6 Å². The van der Waals surface area contributed by atoms with Crippen LogP contribution in [0, 0.1) is 0 Å². The summed E-state index contributed by atoms with van der Waals surface area (Å²) in [5.74, 6) is 0.143. The zero-order chi connectivity index (χ0) is 14.5. The first-order chi connectivity index (χ1) is 9.67. The number of para-hydroxylation sites is 2. The SMILES string of the molecule is CC[C@H](C(=O)O)N1CCN(c2ccccc2OC)CC1. The predicted molar refractivity (Wildman–Crippen MR) is 78.5 cm³/mol. The van der Waals surface area contributed by atoms with E-state index >= 15 is 0 Å². The quantitative estimate of drug-likeness (QED) is 0.888. The molecule has 1 saturated heterocycles. The molecule has 0 radical (unpaired) electrons. The topological polar surface area (TPSA) is 53.0 Å². The first kappa shape index (κ1) is 14.7. The van der Waals surface area contributed by atoms with Gasteiger partial charge in [-0.3, -0.25) is 9.69 Å². The molecule has 0 spiro atoms. The number of aliphatic carboxylic acids is 1. The fourth-order valence-corrected chi connectivity index (χ4v) is 2.75. The summed E-state index contributed by atoms with van der Waals surface area (Å²) >= 11 is 0. The smallest absolute Gasteiger partial charge is 0.320 e. The predicted octanol–water partition coefficient (Wildman–Crippen LogP) is 1.68. The molecule has 0 unspecified atom stereocenters. The molecule has 0 saturated carbocycles. The van der Waals surface area contributed by atoms with Crippen LogP contribution in [0.25, 0.3) is 0 Å². The number of ether oxygens (including phenoxy) is 1. The summed E-state index contributed by atoms with van der Waals surface area (Å²) in [4.78, 5) is 15.5. The third kappa shape index (κ3) is 3.04. The number of hydrogen-bond donors (Lipinski definition) is 1. The fraction of sp³-hybridized carbons (Fsp3) is 0.533. The van der Waals surface area contributed by atoms with E-state index in [2.05, 4.69) is 4.90 Å². The summed E-state index contributed by atoms with van der Waals surface area (Å²) in [7, 11) is 1.67. The van der Waals surface area contributed by atoms with Crippen molar-refractivity contribution in [3.05, 3.63) is 24.3 Å². The highest BCUT2D eigenvalue weighted by Gasteiger charge is 2.28. The number of methoxy groups -OCH3 is 1. The molecule has 0 bridgehead atoms. The summed E-state index contributed by atoms with van der Waals surface area (Å²) in [5, 5.41) is 9.22. The molecule has 1 fully saturated rings. The maximum atomic E-state index is 11.2. The second kappa shape index (κ2) is 6.61. The van der Waals surface area contributed by atoms with Crippen LogP contribution < -0.4 is 9.64 Å². The molecule has 1 aromatic carbocycles. The zero-order valence-electron chi connectivity index (χ0n) is 12.1. The zero-order valence-corrected chi connectivity index (χ0v) is 12.1. The van der Waals surface area contributed by atoms with Crippen LogP contribution in [0.4, 0.5) is 5.69 Å². The van der Waals surface area contributed by atoms with Gasteiger partial charge in [-0.15, -0.1) is 0 Å². The fourth-order valence-electron chi connectivity index (χ4n) is 2.75. The summed E-state index contributed by atoms with van der Waals surface area (Å²) in [6.07, 6.45) is 0.643. The standard InChI is InChI=1S/C15H22N2O3/c1-3-12(15(18)19)16-8-10-17(11-9-16)13-6-4-5-7-14(13)20-2/h4-7,12H,3,8-11H2,1-2H3,(H,18,19)/t12-/m1/s1. The van der Waals surface area contributed by atoms with Gasteiger partial charge in [0.2, 0.25) is 0 Å². The minimum Gasteiger partial charge on any atom is -0.495 e. The first-order valence-electron chi connectivity index (χ1n) is 7.02. The van der Waals surface area contributed by atoms with Gasteiger partial charge in [0, 0.05) is 26.2 Å². The number of benzene rings is 1. The lowest BCUT2D eigenvalue weighted by Gasteiger charge is -2.38. The summed E-state index contributed by atoms with van der Waals surface area (Å²) in [5.41, 5.74) is 1.08. The minimum absolute atomic E-state index is 0.366. The summed E-state index contributed by atoms with van der Waals surface area (Å²) in [6.45, 7) is 5.10. The number of carboxylic acid groups (broad SMARTS) is 1. The van der Waals surface area contributed by atoms with Crippen LogP contribution in [-0.2, 0) is 4.79 Å². The summed E-state index contributed by atoms with van der Waals surface area (Å²) in [6, 6.07) is 7.58. The van der Waals surface area contributed by atoms with E-state index in [0.717, 1.165) is 37.6 Å². The lowest BCUT2D eigenvalue weighted by molar-refractivity contribution is -0.143. The Bertz CT molecular complexity index is 456. The normalized spacial score (nSPS) is 17.8. The molecule has 1 atom stereocenters. The van der Waals surface area contributed by atoms with E-state index in [1.165, 1.54) is 0 Å². The van der Waals surface area contributed by atoms with Crippen molar-refractivity contribution in [2.75, 3.05) is 38.2 Å². The maximum Gasteiger partial charge on any atom is 0.320 e. The van der Waals surface area contributed by atoms with E-state index in [1.54, 1.807) is 7.11 Å². The number of carbonyl (C=O) groups is 1. The molecular weight excluding hydrogens is 256 g/mol. The van der Waals surface area contributed by atoms with E-state index in [0.29, 0.717) is 6.42 Å². The van der Waals surface area contributed by atoms with Crippen LogP contribution in [0.3, 0.4) is 0 Å².